The van der Waals surface area contributed by atoms with Crippen LogP contribution in [0.1, 0.15) is 0 Å². The van der Waals surface area contributed by atoms with Crippen molar-refractivity contribution in [3.05, 3.63) is 231 Å². The first-order valence-electron chi connectivity index (χ1n) is 20.7. The SMILES string of the molecule is c1ccc(-c2cccc3cccc(-c4ccc5c6ccc(N(c7ccccc7)c7cccc(-n8c9ccccc9c9ccccc98)c7)cc6c6ccccc6c5c4)c23)cc1. The van der Waals surface area contributed by atoms with Gasteiger partial charge in [-0.1, -0.05) is 170 Å². The predicted molar refractivity (Wildman–Crippen MR) is 256 cm³/mol. The van der Waals surface area contributed by atoms with Crippen molar-refractivity contribution in [2.24, 2.45) is 0 Å². The fourth-order valence-corrected chi connectivity index (χ4v) is 9.69. The Kier molecular flexibility index (Phi) is 7.89. The average Bonchev–Trinajstić information content (AvgIpc) is 3.66. The number of benzene rings is 11. The molecule has 12 aromatic rings. The summed E-state index contributed by atoms with van der Waals surface area (Å²) >= 11 is 0. The summed E-state index contributed by atoms with van der Waals surface area (Å²) < 4.78 is 2.40. The summed E-state index contributed by atoms with van der Waals surface area (Å²) in [6.45, 7) is 0. The Balaban J connectivity index is 1.04. The van der Waals surface area contributed by atoms with Gasteiger partial charge in [0.2, 0.25) is 0 Å². The fraction of sp³-hybridized carbons (Fsp3) is 0. The molecule has 1 heterocycles. The molecule has 12 rings (SSSR count). The van der Waals surface area contributed by atoms with Crippen molar-refractivity contribution in [2.75, 3.05) is 4.90 Å². The molecule has 280 valence electrons. The van der Waals surface area contributed by atoms with E-state index in [4.69, 9.17) is 0 Å². The average molecular weight is 763 g/mol. The zero-order valence-electron chi connectivity index (χ0n) is 32.8. The van der Waals surface area contributed by atoms with E-state index >= 15 is 0 Å². The number of hydrogen-bond acceptors (Lipinski definition) is 1. The van der Waals surface area contributed by atoms with Crippen LogP contribution < -0.4 is 4.90 Å². The maximum atomic E-state index is 2.41. The Morgan fingerprint density at radius 2 is 0.783 bits per heavy atom. The van der Waals surface area contributed by atoms with Gasteiger partial charge in [-0.3, -0.25) is 0 Å². The van der Waals surface area contributed by atoms with Crippen LogP contribution in [-0.2, 0) is 0 Å². The van der Waals surface area contributed by atoms with Crippen LogP contribution in [0.2, 0.25) is 0 Å². The number of rotatable bonds is 6. The molecule has 0 bridgehead atoms. The highest BCUT2D eigenvalue weighted by atomic mass is 15.1. The molecule has 1 aromatic heterocycles. The molecule has 0 saturated carbocycles. The standard InChI is InChI=1S/C58H38N2/c1-3-16-39(17-4-1)46-28-13-18-40-19-14-29-47(58(40)46)41-32-34-50-51-35-33-45(38-55(51)49-25-8-7-24-48(49)54(50)36-41)59(42-20-5-2-6-21-42)43-22-15-23-44(37-43)60-56-30-11-9-26-52(56)53-27-10-12-31-57(53)60/h1-38H. The minimum absolute atomic E-state index is 1.10. The molecule has 2 nitrogen and oxygen atoms in total. The van der Waals surface area contributed by atoms with E-state index in [1.54, 1.807) is 0 Å². The highest BCUT2D eigenvalue weighted by Crippen LogP contribution is 2.44. The lowest BCUT2D eigenvalue weighted by molar-refractivity contribution is 1.17. The molecular weight excluding hydrogens is 725 g/mol. The van der Waals surface area contributed by atoms with Gasteiger partial charge in [-0.15, -0.1) is 0 Å². The van der Waals surface area contributed by atoms with Gasteiger partial charge in [-0.05, 0) is 126 Å². The molecule has 2 heteroatoms. The van der Waals surface area contributed by atoms with E-state index in [9.17, 15) is 0 Å². The molecule has 0 atom stereocenters. The molecule has 0 unspecified atom stereocenters. The monoisotopic (exact) mass is 762 g/mol. The van der Waals surface area contributed by atoms with Crippen LogP contribution in [0.5, 0.6) is 0 Å². The maximum Gasteiger partial charge on any atom is 0.0541 e. The molecular formula is C58H38N2. The third-order valence-corrected chi connectivity index (χ3v) is 12.3. The number of hydrogen-bond donors (Lipinski definition) is 0. The predicted octanol–water partition coefficient (Wildman–Crippen LogP) is 16.2. The largest absolute Gasteiger partial charge is 0.310 e. The van der Waals surface area contributed by atoms with Crippen molar-refractivity contribution < 1.29 is 0 Å². The van der Waals surface area contributed by atoms with Crippen LogP contribution in [-0.4, -0.2) is 4.57 Å². The molecule has 0 N–H and O–H groups in total. The summed E-state index contributed by atoms with van der Waals surface area (Å²) in [5.41, 5.74) is 11.8. The third-order valence-electron chi connectivity index (χ3n) is 12.3. The fourth-order valence-electron chi connectivity index (χ4n) is 9.69. The van der Waals surface area contributed by atoms with Gasteiger partial charge in [-0.25, -0.2) is 0 Å². The summed E-state index contributed by atoms with van der Waals surface area (Å²) in [6.07, 6.45) is 0. The Morgan fingerprint density at radius 1 is 0.283 bits per heavy atom. The lowest BCUT2D eigenvalue weighted by Gasteiger charge is -2.27. The number of nitrogens with zero attached hydrogens (tertiary/aromatic N) is 2. The maximum absolute atomic E-state index is 2.41. The number of para-hydroxylation sites is 3. The van der Waals surface area contributed by atoms with Gasteiger partial charge in [0, 0.05) is 33.5 Å². The van der Waals surface area contributed by atoms with Gasteiger partial charge >= 0.3 is 0 Å². The van der Waals surface area contributed by atoms with E-state index in [1.165, 1.54) is 87.1 Å². The minimum atomic E-state index is 1.10. The van der Waals surface area contributed by atoms with Crippen LogP contribution in [0, 0.1) is 0 Å². The molecule has 0 saturated heterocycles. The van der Waals surface area contributed by atoms with E-state index in [2.05, 4.69) is 240 Å². The molecule has 0 aliphatic carbocycles. The van der Waals surface area contributed by atoms with E-state index in [0.717, 1.165) is 22.7 Å². The van der Waals surface area contributed by atoms with E-state index in [1.807, 2.05) is 0 Å². The van der Waals surface area contributed by atoms with Gasteiger partial charge in [0.15, 0.2) is 0 Å². The van der Waals surface area contributed by atoms with Gasteiger partial charge in [0.05, 0.1) is 11.0 Å². The Labute approximate surface area is 348 Å². The summed E-state index contributed by atoms with van der Waals surface area (Å²) in [5.74, 6) is 0. The molecule has 11 aromatic carbocycles. The Bertz CT molecular complexity index is 3520. The first kappa shape index (κ1) is 34.1. The highest BCUT2D eigenvalue weighted by Gasteiger charge is 2.19. The first-order chi connectivity index (χ1) is 29.8. The minimum Gasteiger partial charge on any atom is -0.310 e. The van der Waals surface area contributed by atoms with Crippen molar-refractivity contribution in [1.82, 2.24) is 4.57 Å². The number of fused-ring (bicyclic) bond motifs is 10. The summed E-state index contributed by atoms with van der Waals surface area (Å²) in [5, 5.41) is 12.5. The van der Waals surface area contributed by atoms with Crippen molar-refractivity contribution in [2.45, 2.75) is 0 Å². The van der Waals surface area contributed by atoms with Crippen molar-refractivity contribution in [3.8, 4) is 27.9 Å². The molecule has 60 heavy (non-hydrogen) atoms. The molecule has 0 fully saturated rings. The second-order valence-electron chi connectivity index (χ2n) is 15.7. The van der Waals surface area contributed by atoms with Gasteiger partial charge < -0.3 is 9.47 Å². The van der Waals surface area contributed by atoms with Crippen LogP contribution in [0.25, 0.3) is 92.8 Å². The lowest BCUT2D eigenvalue weighted by atomic mass is 9.88. The molecule has 0 aliphatic heterocycles. The van der Waals surface area contributed by atoms with E-state index in [-0.39, 0.29) is 0 Å². The smallest absolute Gasteiger partial charge is 0.0541 e. The summed E-state index contributed by atoms with van der Waals surface area (Å²) in [7, 11) is 0. The molecule has 0 radical (unpaired) electrons. The highest BCUT2D eigenvalue weighted by molar-refractivity contribution is 6.26. The molecule has 0 aliphatic rings. The summed E-state index contributed by atoms with van der Waals surface area (Å²) in [4.78, 5) is 2.39. The lowest BCUT2D eigenvalue weighted by Crippen LogP contribution is -2.10. The van der Waals surface area contributed by atoms with Gasteiger partial charge in [0.1, 0.15) is 0 Å². The Hall–Kier alpha value is -7.94. The first-order valence-corrected chi connectivity index (χ1v) is 20.7. The zero-order chi connectivity index (χ0) is 39.6. The third kappa shape index (κ3) is 5.42. The Morgan fingerprint density at radius 3 is 1.47 bits per heavy atom. The zero-order valence-corrected chi connectivity index (χ0v) is 32.8. The number of aromatic nitrogens is 1. The van der Waals surface area contributed by atoms with Crippen LogP contribution in [0.3, 0.4) is 0 Å². The van der Waals surface area contributed by atoms with E-state index in [0.29, 0.717) is 0 Å². The normalized spacial score (nSPS) is 11.7. The topological polar surface area (TPSA) is 8.17 Å². The van der Waals surface area contributed by atoms with Crippen LogP contribution in [0.4, 0.5) is 17.1 Å². The van der Waals surface area contributed by atoms with Gasteiger partial charge in [0.25, 0.3) is 0 Å². The second-order valence-corrected chi connectivity index (χ2v) is 15.7. The van der Waals surface area contributed by atoms with E-state index < -0.39 is 0 Å². The van der Waals surface area contributed by atoms with Gasteiger partial charge in [-0.2, -0.15) is 0 Å². The van der Waals surface area contributed by atoms with Crippen molar-refractivity contribution in [1.29, 1.82) is 0 Å². The number of anilines is 3. The van der Waals surface area contributed by atoms with Crippen molar-refractivity contribution in [3.63, 3.8) is 0 Å². The van der Waals surface area contributed by atoms with Crippen molar-refractivity contribution >= 4 is 82.0 Å². The summed E-state index contributed by atoms with van der Waals surface area (Å²) in [6, 6.07) is 84.2. The molecule has 0 spiro atoms. The van der Waals surface area contributed by atoms with Crippen LogP contribution >= 0.6 is 0 Å². The quantitative estimate of drug-likeness (QED) is 0.153. The second kappa shape index (κ2) is 13.9. The van der Waals surface area contributed by atoms with Crippen LogP contribution in [0.15, 0.2) is 231 Å². The molecule has 0 amide bonds.